The molecule has 0 aliphatic carbocycles. The van der Waals surface area contributed by atoms with Gasteiger partial charge in [0.05, 0.1) is 11.4 Å². The summed E-state index contributed by atoms with van der Waals surface area (Å²) in [5.74, 6) is -0.190. The van der Waals surface area contributed by atoms with Crippen molar-refractivity contribution in [3.05, 3.63) is 84.4 Å². The summed E-state index contributed by atoms with van der Waals surface area (Å²) < 4.78 is 16.4. The molecule has 0 amide bonds. The van der Waals surface area contributed by atoms with E-state index in [9.17, 15) is 0 Å². The molecular weight excluding hydrogens is 335 g/mol. The molecule has 0 aromatic heterocycles. The molecule has 3 unspecified atom stereocenters. The number of fused-ring (bicyclic) bond motifs is 5. The second-order valence-electron chi connectivity index (χ2n) is 7.50. The number of benzene rings is 3. The average Bonchev–Trinajstić information content (AvgIpc) is 3.08. The molecule has 0 spiro atoms. The van der Waals surface area contributed by atoms with Crippen LogP contribution in [0.5, 0.6) is 0 Å². The van der Waals surface area contributed by atoms with E-state index in [1.165, 1.54) is 0 Å². The third-order valence-electron chi connectivity index (χ3n) is 6.26. The lowest BCUT2D eigenvalue weighted by Crippen LogP contribution is -2.53. The highest BCUT2D eigenvalue weighted by Crippen LogP contribution is 2.58. The molecule has 0 bridgehead atoms. The standard InChI is InChI=1S/C24H23FN2/c1-3-24(25)17(2)23-26(18-11-5-4-6-12-18)21-15-9-10-16-22(21)27(23)20-14-8-7-13-19(20)24/h4-17,23H,3H2,1-2H3. The summed E-state index contributed by atoms with van der Waals surface area (Å²) in [7, 11) is 0. The molecule has 0 radical (unpaired) electrons. The molecule has 27 heavy (non-hydrogen) atoms. The van der Waals surface area contributed by atoms with E-state index in [4.69, 9.17) is 0 Å². The maximum atomic E-state index is 16.4. The Morgan fingerprint density at radius 1 is 0.778 bits per heavy atom. The minimum atomic E-state index is -1.35. The number of nitrogens with zero attached hydrogens (tertiary/aromatic N) is 2. The molecule has 2 nitrogen and oxygen atoms in total. The van der Waals surface area contributed by atoms with Crippen molar-refractivity contribution in [2.75, 3.05) is 9.80 Å². The van der Waals surface area contributed by atoms with Crippen molar-refractivity contribution in [1.82, 2.24) is 0 Å². The van der Waals surface area contributed by atoms with Crippen LogP contribution >= 0.6 is 0 Å². The third-order valence-corrected chi connectivity index (χ3v) is 6.26. The Morgan fingerprint density at radius 3 is 2.00 bits per heavy atom. The van der Waals surface area contributed by atoms with Crippen LogP contribution in [0.3, 0.4) is 0 Å². The number of alkyl halides is 1. The van der Waals surface area contributed by atoms with Crippen LogP contribution in [0.2, 0.25) is 0 Å². The molecule has 3 heteroatoms. The molecule has 2 heterocycles. The molecule has 3 aromatic rings. The fourth-order valence-corrected chi connectivity index (χ4v) is 4.90. The second-order valence-corrected chi connectivity index (χ2v) is 7.50. The molecule has 0 saturated carbocycles. The van der Waals surface area contributed by atoms with Crippen LogP contribution in [0.1, 0.15) is 25.8 Å². The molecule has 0 fully saturated rings. The summed E-state index contributed by atoms with van der Waals surface area (Å²) in [6.07, 6.45) is 0.374. The molecule has 0 saturated heterocycles. The van der Waals surface area contributed by atoms with Crippen LogP contribution in [0.4, 0.5) is 27.1 Å². The Morgan fingerprint density at radius 2 is 1.33 bits per heavy atom. The van der Waals surface area contributed by atoms with Gasteiger partial charge in [-0.3, -0.25) is 0 Å². The smallest absolute Gasteiger partial charge is 0.144 e. The first-order valence-corrected chi connectivity index (χ1v) is 9.68. The third kappa shape index (κ3) is 2.11. The Kier molecular flexibility index (Phi) is 3.55. The Hall–Kier alpha value is -2.81. The summed E-state index contributed by atoms with van der Waals surface area (Å²) >= 11 is 0. The Bertz CT molecular complexity index is 986. The number of rotatable bonds is 2. The topological polar surface area (TPSA) is 6.48 Å². The minimum Gasteiger partial charge on any atom is -0.318 e. The Labute approximate surface area is 159 Å². The highest BCUT2D eigenvalue weighted by atomic mass is 19.1. The van der Waals surface area contributed by atoms with Crippen molar-refractivity contribution >= 4 is 22.7 Å². The van der Waals surface area contributed by atoms with Gasteiger partial charge < -0.3 is 9.80 Å². The Balaban J connectivity index is 1.80. The van der Waals surface area contributed by atoms with Gasteiger partial charge in [0, 0.05) is 22.9 Å². The number of para-hydroxylation sites is 4. The SMILES string of the molecule is CCC1(F)c2ccccc2N2c3ccccc3N(c3ccccc3)C2C1C. The molecule has 3 aromatic carbocycles. The zero-order valence-corrected chi connectivity index (χ0v) is 15.6. The van der Waals surface area contributed by atoms with E-state index < -0.39 is 5.67 Å². The number of hydrogen-bond acceptors (Lipinski definition) is 2. The minimum absolute atomic E-state index is 0.0929. The molecule has 2 aliphatic rings. The number of hydrogen-bond donors (Lipinski definition) is 0. The van der Waals surface area contributed by atoms with Crippen LogP contribution in [0.25, 0.3) is 0 Å². The maximum absolute atomic E-state index is 16.4. The van der Waals surface area contributed by atoms with E-state index in [-0.39, 0.29) is 12.1 Å². The van der Waals surface area contributed by atoms with Gasteiger partial charge in [-0.15, -0.1) is 0 Å². The van der Waals surface area contributed by atoms with E-state index >= 15 is 4.39 Å². The summed E-state index contributed by atoms with van der Waals surface area (Å²) in [6, 6.07) is 26.7. The van der Waals surface area contributed by atoms with Gasteiger partial charge in [0.15, 0.2) is 0 Å². The predicted octanol–water partition coefficient (Wildman–Crippen LogP) is 6.53. The van der Waals surface area contributed by atoms with Crippen LogP contribution in [-0.4, -0.2) is 6.17 Å². The van der Waals surface area contributed by atoms with Gasteiger partial charge in [-0.1, -0.05) is 62.4 Å². The second kappa shape index (κ2) is 5.85. The van der Waals surface area contributed by atoms with Crippen molar-refractivity contribution in [3.63, 3.8) is 0 Å². The van der Waals surface area contributed by atoms with Gasteiger partial charge in [0.2, 0.25) is 0 Å². The zero-order valence-electron chi connectivity index (χ0n) is 15.6. The van der Waals surface area contributed by atoms with Crippen molar-refractivity contribution < 1.29 is 4.39 Å². The van der Waals surface area contributed by atoms with E-state index in [0.29, 0.717) is 6.42 Å². The summed E-state index contributed by atoms with van der Waals surface area (Å²) in [6.45, 7) is 4.01. The normalized spacial score (nSPS) is 25.7. The van der Waals surface area contributed by atoms with Gasteiger partial charge in [-0.25, -0.2) is 4.39 Å². The van der Waals surface area contributed by atoms with Gasteiger partial charge in [0.25, 0.3) is 0 Å². The van der Waals surface area contributed by atoms with Crippen molar-refractivity contribution in [3.8, 4) is 0 Å². The molecule has 5 rings (SSSR count). The van der Waals surface area contributed by atoms with Gasteiger partial charge in [-0.05, 0) is 36.8 Å². The summed E-state index contributed by atoms with van der Waals surface area (Å²) in [5, 5.41) is 0. The lowest BCUT2D eigenvalue weighted by atomic mass is 9.75. The van der Waals surface area contributed by atoms with E-state index in [0.717, 1.165) is 28.3 Å². The first-order valence-electron chi connectivity index (χ1n) is 9.68. The predicted molar refractivity (Wildman–Crippen MR) is 110 cm³/mol. The van der Waals surface area contributed by atoms with E-state index in [1.807, 2.05) is 43.3 Å². The highest BCUT2D eigenvalue weighted by Gasteiger charge is 2.54. The van der Waals surface area contributed by atoms with Crippen LogP contribution in [0.15, 0.2) is 78.9 Å². The van der Waals surface area contributed by atoms with Crippen molar-refractivity contribution in [2.24, 2.45) is 5.92 Å². The lowest BCUT2D eigenvalue weighted by Gasteiger charge is -2.48. The first-order chi connectivity index (χ1) is 13.2. The molecule has 136 valence electrons. The zero-order chi connectivity index (χ0) is 18.6. The monoisotopic (exact) mass is 358 g/mol. The highest BCUT2D eigenvalue weighted by molar-refractivity contribution is 5.90. The van der Waals surface area contributed by atoms with Gasteiger partial charge in [-0.2, -0.15) is 0 Å². The molecular formula is C24H23FN2. The lowest BCUT2D eigenvalue weighted by molar-refractivity contribution is 0.0621. The number of halogens is 1. The maximum Gasteiger partial charge on any atom is 0.144 e. The largest absolute Gasteiger partial charge is 0.318 e. The van der Waals surface area contributed by atoms with Crippen LogP contribution < -0.4 is 9.80 Å². The summed E-state index contributed by atoms with van der Waals surface area (Å²) in [5.41, 5.74) is 3.81. The van der Waals surface area contributed by atoms with Gasteiger partial charge in [0.1, 0.15) is 11.8 Å². The van der Waals surface area contributed by atoms with Crippen molar-refractivity contribution in [1.29, 1.82) is 0 Å². The van der Waals surface area contributed by atoms with Crippen LogP contribution in [-0.2, 0) is 5.67 Å². The van der Waals surface area contributed by atoms with Crippen LogP contribution in [0, 0.1) is 5.92 Å². The number of anilines is 4. The average molecular weight is 358 g/mol. The van der Waals surface area contributed by atoms with Gasteiger partial charge >= 0.3 is 0 Å². The quantitative estimate of drug-likeness (QED) is 0.514. The van der Waals surface area contributed by atoms with Crippen molar-refractivity contribution in [2.45, 2.75) is 32.1 Å². The van der Waals surface area contributed by atoms with E-state index in [2.05, 4.69) is 59.2 Å². The fraction of sp³-hybridized carbons (Fsp3) is 0.250. The molecule has 2 aliphatic heterocycles. The molecule has 3 atom stereocenters. The first kappa shape index (κ1) is 16.4. The summed E-state index contributed by atoms with van der Waals surface area (Å²) in [4.78, 5) is 4.63. The molecule has 0 N–H and O–H groups in total. The fourth-order valence-electron chi connectivity index (χ4n) is 4.90. The van der Waals surface area contributed by atoms with E-state index in [1.54, 1.807) is 0 Å².